The Labute approximate surface area is 193 Å². The molecule has 166 valence electrons. The van der Waals surface area contributed by atoms with E-state index in [0.717, 1.165) is 24.8 Å². The summed E-state index contributed by atoms with van der Waals surface area (Å²) in [5, 5.41) is 21.9. The van der Waals surface area contributed by atoms with E-state index in [1.54, 1.807) is 23.7 Å². The fourth-order valence-electron chi connectivity index (χ4n) is 3.53. The van der Waals surface area contributed by atoms with Gasteiger partial charge in [-0.15, -0.1) is 21.5 Å². The van der Waals surface area contributed by atoms with Crippen LogP contribution in [0.25, 0.3) is 0 Å². The largest absolute Gasteiger partial charge is 0.486 e. The van der Waals surface area contributed by atoms with Crippen LogP contribution in [0.2, 0.25) is 0 Å². The minimum absolute atomic E-state index is 0.147. The van der Waals surface area contributed by atoms with Gasteiger partial charge in [0.05, 0.1) is 11.3 Å². The molecule has 10 heteroatoms. The number of nitriles is 1. The molecule has 0 bridgehead atoms. The molecule has 2 aromatic heterocycles. The predicted octanol–water partition coefficient (Wildman–Crippen LogP) is 4.32. The van der Waals surface area contributed by atoms with Crippen molar-refractivity contribution in [2.24, 2.45) is 13.0 Å². The van der Waals surface area contributed by atoms with Gasteiger partial charge in [0.15, 0.2) is 11.0 Å². The minimum Gasteiger partial charge on any atom is -0.486 e. The maximum atomic E-state index is 13.0. The van der Waals surface area contributed by atoms with Gasteiger partial charge in [0.2, 0.25) is 5.91 Å². The second kappa shape index (κ2) is 9.71. The fraction of sp³-hybridized carbons (Fsp3) is 0.364. The number of thiophene rings is 1. The highest BCUT2D eigenvalue weighted by Gasteiger charge is 2.24. The maximum Gasteiger partial charge on any atom is 0.235 e. The summed E-state index contributed by atoms with van der Waals surface area (Å²) in [6, 6.07) is 8.02. The number of fused-ring (bicyclic) bond motifs is 1. The highest BCUT2D eigenvalue weighted by molar-refractivity contribution is 7.99. The van der Waals surface area contributed by atoms with E-state index in [-0.39, 0.29) is 24.1 Å². The van der Waals surface area contributed by atoms with Crippen molar-refractivity contribution in [3.63, 3.8) is 0 Å². The molecule has 3 aromatic rings. The van der Waals surface area contributed by atoms with Gasteiger partial charge in [0.25, 0.3) is 0 Å². The number of nitrogens with one attached hydrogen (secondary N) is 1. The van der Waals surface area contributed by atoms with Crippen molar-refractivity contribution >= 4 is 34.0 Å². The number of rotatable bonds is 7. The molecule has 7 nitrogen and oxygen atoms in total. The zero-order valence-electron chi connectivity index (χ0n) is 17.7. The van der Waals surface area contributed by atoms with Gasteiger partial charge in [-0.1, -0.05) is 18.7 Å². The summed E-state index contributed by atoms with van der Waals surface area (Å²) in [4.78, 5) is 13.8. The van der Waals surface area contributed by atoms with E-state index in [2.05, 4.69) is 28.5 Å². The number of nitrogens with zero attached hydrogens (tertiary/aromatic N) is 4. The summed E-state index contributed by atoms with van der Waals surface area (Å²) in [5.41, 5.74) is 1.70. The van der Waals surface area contributed by atoms with Gasteiger partial charge in [-0.3, -0.25) is 4.79 Å². The lowest BCUT2D eigenvalue weighted by Gasteiger charge is -2.17. The Hall–Kier alpha value is -2.90. The summed E-state index contributed by atoms with van der Waals surface area (Å²) >= 11 is 2.78. The van der Waals surface area contributed by atoms with Crippen LogP contribution in [-0.4, -0.2) is 26.4 Å². The number of hydrogen-bond donors (Lipinski definition) is 1. The average Bonchev–Trinajstić information content (AvgIpc) is 3.30. The van der Waals surface area contributed by atoms with Crippen LogP contribution < -0.4 is 10.1 Å². The summed E-state index contributed by atoms with van der Waals surface area (Å²) in [5.74, 6) is 1.35. The van der Waals surface area contributed by atoms with Gasteiger partial charge in [-0.25, -0.2) is 4.39 Å². The van der Waals surface area contributed by atoms with Crippen LogP contribution in [-0.2, 0) is 31.3 Å². The number of ether oxygens (including phenoxy) is 1. The van der Waals surface area contributed by atoms with Crippen LogP contribution in [0, 0.1) is 23.1 Å². The summed E-state index contributed by atoms with van der Waals surface area (Å²) < 4.78 is 20.4. The third-order valence-electron chi connectivity index (χ3n) is 5.32. The molecule has 1 atom stereocenters. The highest BCUT2D eigenvalue weighted by atomic mass is 32.2. The molecule has 0 fully saturated rings. The number of benzene rings is 1. The van der Waals surface area contributed by atoms with Crippen molar-refractivity contribution in [3.05, 3.63) is 51.9 Å². The number of aromatic nitrogens is 3. The first kappa shape index (κ1) is 22.3. The van der Waals surface area contributed by atoms with E-state index < -0.39 is 0 Å². The number of thioether (sulfide) groups is 1. The number of carbonyl (C=O) groups is 1. The Morgan fingerprint density at radius 1 is 1.41 bits per heavy atom. The Balaban J connectivity index is 1.34. The topological polar surface area (TPSA) is 92.8 Å². The molecule has 0 aliphatic heterocycles. The van der Waals surface area contributed by atoms with Crippen LogP contribution in [0.15, 0.2) is 29.4 Å². The Bertz CT molecular complexity index is 1170. The van der Waals surface area contributed by atoms with Gasteiger partial charge >= 0.3 is 0 Å². The lowest BCUT2D eigenvalue weighted by molar-refractivity contribution is -0.113. The lowest BCUT2D eigenvalue weighted by Crippen LogP contribution is -2.14. The van der Waals surface area contributed by atoms with E-state index in [1.165, 1.54) is 40.1 Å². The molecule has 0 radical (unpaired) electrons. The van der Waals surface area contributed by atoms with Crippen LogP contribution in [0.5, 0.6) is 5.75 Å². The van der Waals surface area contributed by atoms with E-state index in [4.69, 9.17) is 4.74 Å². The summed E-state index contributed by atoms with van der Waals surface area (Å²) in [6.45, 7) is 2.38. The van der Waals surface area contributed by atoms with Gasteiger partial charge in [0, 0.05) is 11.9 Å². The molecule has 0 saturated carbocycles. The number of carbonyl (C=O) groups excluding carboxylic acids is 1. The van der Waals surface area contributed by atoms with Crippen molar-refractivity contribution in [1.29, 1.82) is 5.26 Å². The average molecular weight is 472 g/mol. The normalized spacial score (nSPS) is 15.1. The van der Waals surface area contributed by atoms with Crippen LogP contribution in [0.4, 0.5) is 9.39 Å². The zero-order chi connectivity index (χ0) is 22.7. The summed E-state index contributed by atoms with van der Waals surface area (Å²) in [7, 11) is 1.80. The molecular weight excluding hydrogens is 449 g/mol. The first-order valence-electron chi connectivity index (χ1n) is 10.2. The molecule has 1 aromatic carbocycles. The van der Waals surface area contributed by atoms with Gasteiger partial charge in [0.1, 0.15) is 29.2 Å². The smallest absolute Gasteiger partial charge is 0.235 e. The Morgan fingerprint density at radius 3 is 2.94 bits per heavy atom. The summed E-state index contributed by atoms with van der Waals surface area (Å²) in [6.07, 6.45) is 2.92. The molecule has 1 N–H and O–H groups in total. The molecule has 2 heterocycles. The second-order valence-corrected chi connectivity index (χ2v) is 9.75. The standard InChI is InChI=1S/C22H22FN5O2S2/c1-13-3-8-16-17(10-24)21(32-18(16)9-13)25-20(29)12-31-22-27-26-19(28(22)2)11-30-15-6-4-14(23)5-7-15/h4-7,13H,3,8-9,11-12H2,1-2H3,(H,25,29). The van der Waals surface area contributed by atoms with Crippen molar-refractivity contribution < 1.29 is 13.9 Å². The Kier molecular flexibility index (Phi) is 6.77. The highest BCUT2D eigenvalue weighted by Crippen LogP contribution is 2.39. The molecular formula is C22H22FN5O2S2. The van der Waals surface area contributed by atoms with E-state index in [9.17, 15) is 14.4 Å². The SMILES string of the molecule is CC1CCc2c(sc(NC(=O)CSc3nnc(COc4ccc(F)cc4)n3C)c2C#N)C1. The molecule has 1 amide bonds. The van der Waals surface area contributed by atoms with Crippen molar-refractivity contribution in [2.75, 3.05) is 11.1 Å². The zero-order valence-corrected chi connectivity index (χ0v) is 19.4. The van der Waals surface area contributed by atoms with E-state index >= 15 is 0 Å². The van der Waals surface area contributed by atoms with Crippen LogP contribution >= 0.6 is 23.1 Å². The third kappa shape index (κ3) is 4.95. The monoisotopic (exact) mass is 471 g/mol. The molecule has 0 spiro atoms. The lowest BCUT2D eigenvalue weighted by atomic mass is 9.89. The number of anilines is 1. The number of hydrogen-bond acceptors (Lipinski definition) is 7. The van der Waals surface area contributed by atoms with Gasteiger partial charge in [-0.2, -0.15) is 5.26 Å². The van der Waals surface area contributed by atoms with E-state index in [0.29, 0.717) is 33.2 Å². The van der Waals surface area contributed by atoms with Crippen LogP contribution in [0.3, 0.4) is 0 Å². The molecule has 1 aliphatic rings. The molecule has 1 unspecified atom stereocenters. The molecule has 0 saturated heterocycles. The maximum absolute atomic E-state index is 13.0. The molecule has 4 rings (SSSR count). The van der Waals surface area contributed by atoms with Crippen LogP contribution in [0.1, 0.15) is 35.2 Å². The second-order valence-electron chi connectivity index (χ2n) is 7.70. The van der Waals surface area contributed by atoms with Crippen molar-refractivity contribution in [3.8, 4) is 11.8 Å². The van der Waals surface area contributed by atoms with Gasteiger partial charge in [-0.05, 0) is 55.0 Å². The number of amides is 1. The number of halogens is 1. The van der Waals surface area contributed by atoms with E-state index in [1.807, 2.05) is 0 Å². The Morgan fingerprint density at radius 2 is 2.19 bits per heavy atom. The van der Waals surface area contributed by atoms with Crippen molar-refractivity contribution in [2.45, 2.75) is 37.9 Å². The molecule has 1 aliphatic carbocycles. The quantitative estimate of drug-likeness (QED) is 0.516. The minimum atomic E-state index is -0.327. The third-order valence-corrected chi connectivity index (χ3v) is 7.51. The first-order chi connectivity index (χ1) is 15.4. The van der Waals surface area contributed by atoms with Crippen molar-refractivity contribution in [1.82, 2.24) is 14.8 Å². The first-order valence-corrected chi connectivity index (χ1v) is 12.0. The molecule has 32 heavy (non-hydrogen) atoms. The van der Waals surface area contributed by atoms with Gasteiger partial charge < -0.3 is 14.6 Å². The fourth-order valence-corrected chi connectivity index (χ4v) is 5.63. The predicted molar refractivity (Wildman–Crippen MR) is 121 cm³/mol.